The summed E-state index contributed by atoms with van der Waals surface area (Å²) in [4.78, 5) is 14.7. The largest absolute Gasteiger partial charge is 0.497 e. The van der Waals surface area contributed by atoms with Gasteiger partial charge in [0.2, 0.25) is 0 Å². The van der Waals surface area contributed by atoms with Crippen LogP contribution >= 0.6 is 24.8 Å². The first kappa shape index (κ1) is 24.7. The Balaban J connectivity index is 0.00000210. The van der Waals surface area contributed by atoms with Gasteiger partial charge in [0.05, 0.1) is 14.2 Å². The van der Waals surface area contributed by atoms with E-state index in [1.54, 1.807) is 20.3 Å². The van der Waals surface area contributed by atoms with E-state index in [1.807, 2.05) is 42.2 Å². The molecule has 0 bridgehead atoms. The van der Waals surface area contributed by atoms with Crippen LogP contribution in [-0.2, 0) is 0 Å². The third-order valence-corrected chi connectivity index (χ3v) is 5.00. The number of likely N-dealkylation sites (tertiary alicyclic amines) is 1. The van der Waals surface area contributed by atoms with E-state index in [2.05, 4.69) is 5.32 Å². The summed E-state index contributed by atoms with van der Waals surface area (Å²) >= 11 is 0. The van der Waals surface area contributed by atoms with Crippen LogP contribution in [0.25, 0.3) is 0 Å². The van der Waals surface area contributed by atoms with E-state index in [4.69, 9.17) is 15.2 Å². The van der Waals surface area contributed by atoms with Crippen LogP contribution in [-0.4, -0.2) is 44.2 Å². The number of ether oxygens (including phenoxy) is 2. The van der Waals surface area contributed by atoms with E-state index in [0.29, 0.717) is 30.4 Å². The summed E-state index contributed by atoms with van der Waals surface area (Å²) < 4.78 is 10.6. The highest BCUT2D eigenvalue weighted by Gasteiger charge is 2.24. The maximum atomic E-state index is 12.8. The van der Waals surface area contributed by atoms with Crippen molar-refractivity contribution in [1.29, 1.82) is 0 Å². The lowest BCUT2D eigenvalue weighted by molar-refractivity contribution is 0.0718. The molecule has 0 aliphatic carbocycles. The first-order chi connectivity index (χ1) is 13.0. The molecule has 6 nitrogen and oxygen atoms in total. The Morgan fingerprint density at radius 3 is 2.17 bits per heavy atom. The number of hydrogen-bond donors (Lipinski definition) is 2. The molecular weight excluding hydrogens is 413 g/mol. The zero-order chi connectivity index (χ0) is 19.4. The number of nitrogen functional groups attached to an aromatic ring is 1. The van der Waals surface area contributed by atoms with Crippen LogP contribution in [0.2, 0.25) is 0 Å². The molecule has 1 saturated heterocycles. The molecule has 8 heteroatoms. The SMILES string of the molecule is COc1cc(NC2CCN(C(=O)c3cc(N)ccc3C)CC2)cc(OC)c1.Cl.Cl. The van der Waals surface area contributed by atoms with Crippen molar-refractivity contribution in [2.24, 2.45) is 0 Å². The van der Waals surface area contributed by atoms with Crippen molar-refractivity contribution in [3.8, 4) is 11.5 Å². The molecule has 1 aliphatic rings. The summed E-state index contributed by atoms with van der Waals surface area (Å²) in [7, 11) is 3.28. The lowest BCUT2D eigenvalue weighted by Crippen LogP contribution is -2.42. The van der Waals surface area contributed by atoms with Gasteiger partial charge >= 0.3 is 0 Å². The number of carbonyl (C=O) groups is 1. The maximum Gasteiger partial charge on any atom is 0.254 e. The normalized spacial score (nSPS) is 13.7. The van der Waals surface area contributed by atoms with E-state index >= 15 is 0 Å². The minimum absolute atomic E-state index is 0. The molecule has 0 radical (unpaired) electrons. The average molecular weight is 442 g/mol. The quantitative estimate of drug-likeness (QED) is 0.681. The van der Waals surface area contributed by atoms with Crippen LogP contribution in [0.1, 0.15) is 28.8 Å². The van der Waals surface area contributed by atoms with E-state index in [9.17, 15) is 4.79 Å². The van der Waals surface area contributed by atoms with E-state index in [0.717, 1.165) is 35.6 Å². The number of methoxy groups -OCH3 is 2. The van der Waals surface area contributed by atoms with Gasteiger partial charge in [-0.15, -0.1) is 24.8 Å². The smallest absolute Gasteiger partial charge is 0.254 e. The van der Waals surface area contributed by atoms with Crippen molar-refractivity contribution in [2.45, 2.75) is 25.8 Å². The van der Waals surface area contributed by atoms with Gasteiger partial charge in [0.15, 0.2) is 0 Å². The van der Waals surface area contributed by atoms with E-state index in [-0.39, 0.29) is 30.7 Å². The number of hydrogen-bond acceptors (Lipinski definition) is 5. The summed E-state index contributed by atoms with van der Waals surface area (Å²) in [6.07, 6.45) is 1.76. The summed E-state index contributed by atoms with van der Waals surface area (Å²) in [6.45, 7) is 3.37. The fourth-order valence-electron chi connectivity index (χ4n) is 3.39. The molecule has 160 valence electrons. The number of nitrogens with one attached hydrogen (secondary N) is 1. The first-order valence-electron chi connectivity index (χ1n) is 9.15. The highest BCUT2D eigenvalue weighted by atomic mass is 35.5. The zero-order valence-corrected chi connectivity index (χ0v) is 18.6. The number of amides is 1. The zero-order valence-electron chi connectivity index (χ0n) is 16.9. The minimum Gasteiger partial charge on any atom is -0.497 e. The molecule has 0 unspecified atom stereocenters. The molecule has 0 atom stereocenters. The summed E-state index contributed by atoms with van der Waals surface area (Å²) in [6, 6.07) is 11.5. The minimum atomic E-state index is 0. The number of benzene rings is 2. The second-order valence-electron chi connectivity index (χ2n) is 6.89. The molecule has 1 amide bonds. The number of nitrogens with zero attached hydrogens (tertiary/aromatic N) is 1. The second-order valence-corrected chi connectivity index (χ2v) is 6.89. The first-order valence-corrected chi connectivity index (χ1v) is 9.15. The molecule has 1 heterocycles. The number of aryl methyl sites for hydroxylation is 1. The van der Waals surface area contributed by atoms with Gasteiger partial charge in [0, 0.05) is 54.3 Å². The highest BCUT2D eigenvalue weighted by molar-refractivity contribution is 5.96. The van der Waals surface area contributed by atoms with Crippen molar-refractivity contribution in [2.75, 3.05) is 38.4 Å². The van der Waals surface area contributed by atoms with Crippen molar-refractivity contribution < 1.29 is 14.3 Å². The highest BCUT2D eigenvalue weighted by Crippen LogP contribution is 2.28. The van der Waals surface area contributed by atoms with Gasteiger partial charge in [0.1, 0.15) is 11.5 Å². The number of halogens is 2. The third kappa shape index (κ3) is 6.08. The van der Waals surface area contributed by atoms with Crippen molar-refractivity contribution in [1.82, 2.24) is 4.90 Å². The van der Waals surface area contributed by atoms with Crippen molar-refractivity contribution in [3.05, 3.63) is 47.5 Å². The lowest BCUT2D eigenvalue weighted by Gasteiger charge is -2.33. The Morgan fingerprint density at radius 2 is 1.62 bits per heavy atom. The van der Waals surface area contributed by atoms with Gasteiger partial charge < -0.3 is 25.4 Å². The van der Waals surface area contributed by atoms with Gasteiger partial charge in [-0.05, 0) is 37.5 Å². The molecule has 3 N–H and O–H groups in total. The van der Waals surface area contributed by atoms with Crippen LogP contribution in [0.3, 0.4) is 0 Å². The van der Waals surface area contributed by atoms with Crippen LogP contribution < -0.4 is 20.5 Å². The summed E-state index contributed by atoms with van der Waals surface area (Å²) in [5, 5.41) is 3.53. The van der Waals surface area contributed by atoms with Gasteiger partial charge in [-0.1, -0.05) is 6.07 Å². The Morgan fingerprint density at radius 1 is 1.03 bits per heavy atom. The fourth-order valence-corrected chi connectivity index (χ4v) is 3.39. The van der Waals surface area contributed by atoms with Crippen LogP contribution in [0.5, 0.6) is 11.5 Å². The number of anilines is 2. The molecule has 0 spiro atoms. The summed E-state index contributed by atoms with van der Waals surface area (Å²) in [5.74, 6) is 1.56. The number of nitrogens with two attached hydrogens (primary N) is 1. The molecule has 3 rings (SSSR count). The Bertz CT molecular complexity index is 803. The number of rotatable bonds is 5. The third-order valence-electron chi connectivity index (χ3n) is 5.00. The Kier molecular flexibility index (Phi) is 9.40. The second kappa shape index (κ2) is 11.0. The molecule has 2 aromatic rings. The molecule has 0 aromatic heterocycles. The van der Waals surface area contributed by atoms with Gasteiger partial charge in [-0.3, -0.25) is 4.79 Å². The molecule has 29 heavy (non-hydrogen) atoms. The molecule has 2 aromatic carbocycles. The van der Waals surface area contributed by atoms with Crippen molar-refractivity contribution in [3.63, 3.8) is 0 Å². The van der Waals surface area contributed by atoms with Crippen LogP contribution in [0, 0.1) is 6.92 Å². The summed E-state index contributed by atoms with van der Waals surface area (Å²) in [5.41, 5.74) is 9.08. The maximum absolute atomic E-state index is 12.8. The molecule has 0 saturated carbocycles. The number of carbonyl (C=O) groups excluding carboxylic acids is 1. The topological polar surface area (TPSA) is 76.8 Å². The Hall–Kier alpha value is -2.31. The fraction of sp³-hybridized carbons (Fsp3) is 0.381. The van der Waals surface area contributed by atoms with Crippen LogP contribution in [0.15, 0.2) is 36.4 Å². The standard InChI is InChI=1S/C21H27N3O3.2ClH/c1-14-4-5-15(22)10-20(14)21(25)24-8-6-16(7-9-24)23-17-11-18(26-2)13-19(12-17)27-3;;/h4-5,10-13,16,23H,6-9,22H2,1-3H3;2*1H. The van der Waals surface area contributed by atoms with Crippen molar-refractivity contribution >= 4 is 42.1 Å². The average Bonchev–Trinajstić information content (AvgIpc) is 2.69. The Labute approximate surface area is 184 Å². The monoisotopic (exact) mass is 441 g/mol. The van der Waals surface area contributed by atoms with Gasteiger partial charge in [-0.2, -0.15) is 0 Å². The van der Waals surface area contributed by atoms with E-state index < -0.39 is 0 Å². The lowest BCUT2D eigenvalue weighted by atomic mass is 10.0. The van der Waals surface area contributed by atoms with E-state index in [1.165, 1.54) is 0 Å². The molecule has 1 aliphatic heterocycles. The molecular formula is C21H29Cl2N3O3. The molecule has 1 fully saturated rings. The predicted molar refractivity (Wildman–Crippen MR) is 122 cm³/mol. The number of piperidine rings is 1. The van der Waals surface area contributed by atoms with Gasteiger partial charge in [-0.25, -0.2) is 0 Å². The van der Waals surface area contributed by atoms with Crippen LogP contribution in [0.4, 0.5) is 11.4 Å². The van der Waals surface area contributed by atoms with Gasteiger partial charge in [0.25, 0.3) is 5.91 Å². The predicted octanol–water partition coefficient (Wildman–Crippen LogP) is 4.15.